The summed E-state index contributed by atoms with van der Waals surface area (Å²) in [7, 11) is 0. The number of aromatic nitrogens is 2. The lowest BCUT2D eigenvalue weighted by Crippen LogP contribution is -2.33. The van der Waals surface area contributed by atoms with Gasteiger partial charge in [-0.15, -0.1) is 5.10 Å². The summed E-state index contributed by atoms with van der Waals surface area (Å²) in [6.07, 6.45) is 1.02. The molecular weight excluding hydrogens is 318 g/mol. The van der Waals surface area contributed by atoms with Crippen molar-refractivity contribution in [1.82, 2.24) is 15.1 Å². The number of hydrogen-bond acceptors (Lipinski definition) is 6. The lowest BCUT2D eigenvalue weighted by atomic mass is 10.1. The molecule has 0 amide bonds. The molecule has 0 spiro atoms. The highest BCUT2D eigenvalue weighted by atomic mass is 16.6. The van der Waals surface area contributed by atoms with Crippen molar-refractivity contribution in [2.75, 3.05) is 31.1 Å². The zero-order chi connectivity index (χ0) is 17.8. The van der Waals surface area contributed by atoms with Crippen molar-refractivity contribution in [3.05, 3.63) is 57.8 Å². The van der Waals surface area contributed by atoms with Crippen LogP contribution in [0.3, 0.4) is 0 Å². The summed E-state index contributed by atoms with van der Waals surface area (Å²) in [5.74, 6) is 0.912. The predicted molar refractivity (Wildman–Crippen MR) is 96.7 cm³/mol. The van der Waals surface area contributed by atoms with E-state index in [9.17, 15) is 10.1 Å². The van der Waals surface area contributed by atoms with Gasteiger partial charge in [0, 0.05) is 44.4 Å². The van der Waals surface area contributed by atoms with Crippen LogP contribution < -0.4 is 4.90 Å². The monoisotopic (exact) mass is 341 g/mol. The Hall–Kier alpha value is -2.54. The quantitative estimate of drug-likeness (QED) is 0.629. The lowest BCUT2D eigenvalue weighted by Gasteiger charge is -2.28. The summed E-state index contributed by atoms with van der Waals surface area (Å²) >= 11 is 0. The molecule has 132 valence electrons. The number of non-ortho nitro benzene ring substituents is 1. The molecule has 0 N–H and O–H groups in total. The van der Waals surface area contributed by atoms with Crippen LogP contribution in [0.4, 0.5) is 11.5 Å². The topological polar surface area (TPSA) is 75.4 Å². The predicted octanol–water partition coefficient (Wildman–Crippen LogP) is 2.97. The van der Waals surface area contributed by atoms with Crippen molar-refractivity contribution in [1.29, 1.82) is 0 Å². The van der Waals surface area contributed by atoms with Crippen LogP contribution in [0.5, 0.6) is 0 Å². The van der Waals surface area contributed by atoms with E-state index in [4.69, 9.17) is 0 Å². The van der Waals surface area contributed by atoms with Gasteiger partial charge in [0.25, 0.3) is 5.69 Å². The molecule has 0 radical (unpaired) electrons. The van der Waals surface area contributed by atoms with Gasteiger partial charge in [-0.1, -0.05) is 12.1 Å². The zero-order valence-electron chi connectivity index (χ0n) is 14.6. The molecule has 0 aliphatic carbocycles. The van der Waals surface area contributed by atoms with E-state index < -0.39 is 0 Å². The number of nitro benzene ring substituents is 1. The van der Waals surface area contributed by atoms with Gasteiger partial charge in [-0.05, 0) is 38.0 Å². The number of hydrogen-bond donors (Lipinski definition) is 0. The van der Waals surface area contributed by atoms with Gasteiger partial charge < -0.3 is 4.90 Å². The average molecular weight is 341 g/mol. The van der Waals surface area contributed by atoms with Crippen molar-refractivity contribution >= 4 is 11.5 Å². The number of rotatable bonds is 4. The van der Waals surface area contributed by atoms with Gasteiger partial charge in [0.1, 0.15) is 0 Å². The highest BCUT2D eigenvalue weighted by Crippen LogP contribution is 2.25. The Bertz CT molecular complexity index is 735. The van der Waals surface area contributed by atoms with Crippen LogP contribution in [0.2, 0.25) is 0 Å². The van der Waals surface area contributed by atoms with Gasteiger partial charge in [-0.2, -0.15) is 5.10 Å². The lowest BCUT2D eigenvalue weighted by molar-refractivity contribution is -0.384. The molecule has 1 aliphatic rings. The van der Waals surface area contributed by atoms with Crippen molar-refractivity contribution in [2.24, 2.45) is 0 Å². The number of anilines is 1. The highest BCUT2D eigenvalue weighted by Gasteiger charge is 2.22. The van der Waals surface area contributed by atoms with Crippen LogP contribution in [-0.4, -0.2) is 46.2 Å². The minimum atomic E-state index is -0.337. The Morgan fingerprint density at radius 2 is 1.96 bits per heavy atom. The van der Waals surface area contributed by atoms with E-state index in [2.05, 4.69) is 26.9 Å². The second-order valence-electron chi connectivity index (χ2n) is 6.44. The van der Waals surface area contributed by atoms with Gasteiger partial charge >= 0.3 is 0 Å². The first kappa shape index (κ1) is 17.3. The molecule has 0 saturated carbocycles. The number of benzene rings is 1. The van der Waals surface area contributed by atoms with Crippen LogP contribution in [0.25, 0.3) is 0 Å². The summed E-state index contributed by atoms with van der Waals surface area (Å²) in [5.41, 5.74) is 2.05. The fourth-order valence-electron chi connectivity index (χ4n) is 3.22. The SMILES string of the molecule is Cc1ccc(N2CCCN([C@@H](C)c3cccc([N+](=O)[O-])c3)CC2)nn1. The molecule has 1 aromatic heterocycles. The number of nitro groups is 1. The molecule has 7 nitrogen and oxygen atoms in total. The smallest absolute Gasteiger partial charge is 0.269 e. The Morgan fingerprint density at radius 3 is 2.68 bits per heavy atom. The summed E-state index contributed by atoms with van der Waals surface area (Å²) < 4.78 is 0. The minimum absolute atomic E-state index is 0.143. The second kappa shape index (κ2) is 7.57. The van der Waals surface area contributed by atoms with E-state index >= 15 is 0 Å². The van der Waals surface area contributed by atoms with Gasteiger partial charge in [-0.25, -0.2) is 0 Å². The first-order valence-corrected chi connectivity index (χ1v) is 8.58. The molecule has 0 bridgehead atoms. The normalized spacial score (nSPS) is 17.1. The van der Waals surface area contributed by atoms with Crippen molar-refractivity contribution in [3.8, 4) is 0 Å². The van der Waals surface area contributed by atoms with Crippen molar-refractivity contribution in [2.45, 2.75) is 26.3 Å². The third-order valence-corrected chi connectivity index (χ3v) is 4.75. The molecule has 25 heavy (non-hydrogen) atoms. The minimum Gasteiger partial charge on any atom is -0.354 e. The first-order chi connectivity index (χ1) is 12.0. The van der Waals surface area contributed by atoms with Gasteiger partial charge in [0.05, 0.1) is 10.6 Å². The van der Waals surface area contributed by atoms with E-state index in [1.54, 1.807) is 12.1 Å². The molecule has 1 aromatic carbocycles. The van der Waals surface area contributed by atoms with Gasteiger partial charge in [0.2, 0.25) is 0 Å². The Labute approximate surface area is 147 Å². The molecule has 3 rings (SSSR count). The van der Waals surface area contributed by atoms with Gasteiger partial charge in [-0.3, -0.25) is 15.0 Å². The van der Waals surface area contributed by atoms with Crippen molar-refractivity contribution < 1.29 is 4.92 Å². The fourth-order valence-corrected chi connectivity index (χ4v) is 3.22. The summed E-state index contributed by atoms with van der Waals surface area (Å²) in [6.45, 7) is 7.70. The van der Waals surface area contributed by atoms with Crippen LogP contribution in [-0.2, 0) is 0 Å². The number of aryl methyl sites for hydroxylation is 1. The molecule has 1 saturated heterocycles. The van der Waals surface area contributed by atoms with Crippen LogP contribution >= 0.6 is 0 Å². The van der Waals surface area contributed by atoms with E-state index in [-0.39, 0.29) is 16.7 Å². The summed E-state index contributed by atoms with van der Waals surface area (Å²) in [5, 5.41) is 19.4. The first-order valence-electron chi connectivity index (χ1n) is 8.58. The standard InChI is InChI=1S/C18H23N5O2/c1-14-7-8-18(20-19-14)22-10-4-9-21(11-12-22)15(2)16-5-3-6-17(13-16)23(24)25/h3,5-8,13,15H,4,9-12H2,1-2H3/t15-/m0/s1. The average Bonchev–Trinajstić information content (AvgIpc) is 2.88. The Morgan fingerprint density at radius 1 is 1.12 bits per heavy atom. The van der Waals surface area contributed by atoms with Crippen molar-refractivity contribution in [3.63, 3.8) is 0 Å². The third-order valence-electron chi connectivity index (χ3n) is 4.75. The van der Waals surface area contributed by atoms with E-state index in [0.29, 0.717) is 0 Å². The molecule has 0 unspecified atom stereocenters. The van der Waals surface area contributed by atoms with Crippen LogP contribution in [0.1, 0.15) is 30.6 Å². The fraction of sp³-hybridized carbons (Fsp3) is 0.444. The molecule has 1 atom stereocenters. The molecule has 1 fully saturated rings. The van der Waals surface area contributed by atoms with Crippen LogP contribution in [0, 0.1) is 17.0 Å². The van der Waals surface area contributed by atoms with Gasteiger partial charge in [0.15, 0.2) is 5.82 Å². The zero-order valence-corrected chi connectivity index (χ0v) is 14.6. The highest BCUT2D eigenvalue weighted by molar-refractivity contribution is 5.38. The Balaban J connectivity index is 1.69. The molecular formula is C18H23N5O2. The molecule has 7 heteroatoms. The molecule has 2 aromatic rings. The molecule has 2 heterocycles. The van der Waals surface area contributed by atoms with E-state index in [1.165, 1.54) is 6.07 Å². The largest absolute Gasteiger partial charge is 0.354 e. The third kappa shape index (κ3) is 4.11. The number of nitrogens with zero attached hydrogens (tertiary/aromatic N) is 5. The Kier molecular flexibility index (Phi) is 5.23. The molecule has 1 aliphatic heterocycles. The maximum atomic E-state index is 11.0. The maximum absolute atomic E-state index is 11.0. The maximum Gasteiger partial charge on any atom is 0.269 e. The summed E-state index contributed by atoms with van der Waals surface area (Å²) in [4.78, 5) is 15.3. The van der Waals surface area contributed by atoms with E-state index in [0.717, 1.165) is 49.7 Å². The summed E-state index contributed by atoms with van der Waals surface area (Å²) in [6, 6.07) is 11.1. The van der Waals surface area contributed by atoms with Crippen LogP contribution in [0.15, 0.2) is 36.4 Å². The second-order valence-corrected chi connectivity index (χ2v) is 6.44. The van der Waals surface area contributed by atoms with E-state index in [1.807, 2.05) is 25.1 Å².